The SMILES string of the molecule is CC1(C)c2ccccc2-c2cc(N(c3cccc(N(c4ccc5c(c4)-c4ccccc4C5(c4ccccc4)c4ccccc4)c4ccc5sc6ccccc6c5c4)c3)c3cccc4oc5ccccc5c34)ccc21. The monoisotopic (exact) mass is 964 g/mol. The van der Waals surface area contributed by atoms with Crippen molar-refractivity contribution in [1.29, 1.82) is 0 Å². The van der Waals surface area contributed by atoms with E-state index in [1.165, 1.54) is 75.8 Å². The topological polar surface area (TPSA) is 19.6 Å². The van der Waals surface area contributed by atoms with Crippen LogP contribution in [0.25, 0.3) is 64.4 Å². The standard InChI is InChI=1S/C70H48N2OS/c1-69(2)59-29-13-9-25-52(59)56-43-51(35-38-60(56)69)72(63-31-18-33-65-68(63)55-28-11-15-32-64(55)73-65)48-24-17-23-47(41-48)71(50-37-40-67-58(44-50)54-27-12-16-34-66(54)74-67)49-36-39-62-57(42-49)53-26-10-14-30-61(53)70(62,45-19-5-3-6-20-45)46-21-7-4-8-22-46/h3-44H,1-2H3. The van der Waals surface area contributed by atoms with Crippen molar-refractivity contribution >= 4 is 87.6 Å². The number of para-hydroxylation sites is 1. The molecule has 15 rings (SSSR count). The highest BCUT2D eigenvalue weighted by atomic mass is 32.1. The molecule has 0 aliphatic heterocycles. The summed E-state index contributed by atoms with van der Waals surface area (Å²) in [6.45, 7) is 4.70. The van der Waals surface area contributed by atoms with Gasteiger partial charge in [-0.25, -0.2) is 0 Å². The summed E-state index contributed by atoms with van der Waals surface area (Å²) in [4.78, 5) is 4.92. The van der Waals surface area contributed by atoms with Crippen LogP contribution in [0.4, 0.5) is 34.1 Å². The van der Waals surface area contributed by atoms with Crippen molar-refractivity contribution in [3.8, 4) is 22.3 Å². The molecule has 2 aliphatic rings. The molecular formula is C70H48N2OS. The zero-order valence-electron chi connectivity index (χ0n) is 41.0. The molecule has 0 saturated heterocycles. The maximum atomic E-state index is 6.60. The van der Waals surface area contributed by atoms with Gasteiger partial charge in [-0.05, 0) is 141 Å². The Bertz CT molecular complexity index is 4330. The first kappa shape index (κ1) is 42.7. The molecule has 0 bridgehead atoms. The van der Waals surface area contributed by atoms with E-state index in [0.29, 0.717) is 0 Å². The van der Waals surface area contributed by atoms with E-state index >= 15 is 0 Å². The Morgan fingerprint density at radius 3 is 1.61 bits per heavy atom. The van der Waals surface area contributed by atoms with Gasteiger partial charge in [0, 0.05) is 59.4 Å². The minimum absolute atomic E-state index is 0.121. The highest BCUT2D eigenvalue weighted by Gasteiger charge is 2.46. The molecule has 11 aromatic carbocycles. The molecule has 2 aromatic heterocycles. The number of benzene rings is 11. The number of rotatable bonds is 8. The Morgan fingerprint density at radius 1 is 0.338 bits per heavy atom. The van der Waals surface area contributed by atoms with Crippen molar-refractivity contribution in [2.75, 3.05) is 9.80 Å². The number of nitrogens with zero attached hydrogens (tertiary/aromatic N) is 2. The molecule has 13 aromatic rings. The van der Waals surface area contributed by atoms with Gasteiger partial charge in [-0.2, -0.15) is 0 Å². The zero-order valence-corrected chi connectivity index (χ0v) is 41.8. The predicted octanol–water partition coefficient (Wildman–Crippen LogP) is 19.6. The largest absolute Gasteiger partial charge is 0.456 e. The van der Waals surface area contributed by atoms with E-state index in [-0.39, 0.29) is 5.41 Å². The van der Waals surface area contributed by atoms with Gasteiger partial charge in [-0.15, -0.1) is 11.3 Å². The minimum Gasteiger partial charge on any atom is -0.456 e. The van der Waals surface area contributed by atoms with Gasteiger partial charge in [0.1, 0.15) is 11.2 Å². The second-order valence-corrected chi connectivity index (χ2v) is 21.5. The summed E-state index contributed by atoms with van der Waals surface area (Å²) in [6, 6.07) is 94.2. The van der Waals surface area contributed by atoms with Gasteiger partial charge in [0.05, 0.1) is 16.5 Å². The van der Waals surface area contributed by atoms with Crippen LogP contribution in [0.15, 0.2) is 259 Å². The third-order valence-electron chi connectivity index (χ3n) is 16.1. The van der Waals surface area contributed by atoms with Crippen LogP contribution in [0, 0.1) is 0 Å². The molecule has 0 unspecified atom stereocenters. The highest BCUT2D eigenvalue weighted by molar-refractivity contribution is 7.25. The highest BCUT2D eigenvalue weighted by Crippen LogP contribution is 2.58. The average Bonchev–Trinajstić information content (AvgIpc) is 4.18. The van der Waals surface area contributed by atoms with E-state index in [2.05, 4.69) is 278 Å². The Morgan fingerprint density at radius 2 is 0.838 bits per heavy atom. The summed E-state index contributed by atoms with van der Waals surface area (Å²) >= 11 is 1.85. The number of thiophene rings is 1. The van der Waals surface area contributed by atoms with Gasteiger partial charge in [0.25, 0.3) is 0 Å². The van der Waals surface area contributed by atoms with Gasteiger partial charge in [0.15, 0.2) is 0 Å². The predicted molar refractivity (Wildman–Crippen MR) is 311 cm³/mol. The molecule has 0 N–H and O–H groups in total. The smallest absolute Gasteiger partial charge is 0.137 e. The van der Waals surface area contributed by atoms with E-state index in [4.69, 9.17) is 4.42 Å². The quantitative estimate of drug-likeness (QED) is 0.151. The fraction of sp³-hybridized carbons (Fsp3) is 0.0571. The first-order valence-corrected chi connectivity index (χ1v) is 26.4. The van der Waals surface area contributed by atoms with Crippen LogP contribution in [0.2, 0.25) is 0 Å². The average molecular weight is 965 g/mol. The van der Waals surface area contributed by atoms with Crippen LogP contribution in [0.1, 0.15) is 47.2 Å². The Hall–Kier alpha value is -8.96. The summed E-state index contributed by atoms with van der Waals surface area (Å²) in [5, 5.41) is 4.70. The third-order valence-corrected chi connectivity index (χ3v) is 17.3. The van der Waals surface area contributed by atoms with E-state index in [0.717, 1.165) is 56.1 Å². The van der Waals surface area contributed by atoms with E-state index in [1.54, 1.807) is 0 Å². The third kappa shape index (κ3) is 6.19. The Labute approximate surface area is 434 Å². The maximum Gasteiger partial charge on any atom is 0.137 e. The second-order valence-electron chi connectivity index (χ2n) is 20.4. The van der Waals surface area contributed by atoms with Crippen LogP contribution in [0.5, 0.6) is 0 Å². The van der Waals surface area contributed by atoms with Crippen LogP contribution in [-0.2, 0) is 10.8 Å². The van der Waals surface area contributed by atoms with Crippen molar-refractivity contribution in [2.45, 2.75) is 24.7 Å². The van der Waals surface area contributed by atoms with Crippen LogP contribution < -0.4 is 9.80 Å². The summed E-state index contributed by atoms with van der Waals surface area (Å²) in [5.41, 5.74) is 20.3. The first-order valence-electron chi connectivity index (χ1n) is 25.6. The molecule has 2 heterocycles. The zero-order chi connectivity index (χ0) is 49.1. The lowest BCUT2D eigenvalue weighted by atomic mass is 9.68. The van der Waals surface area contributed by atoms with Crippen molar-refractivity contribution < 1.29 is 4.42 Å². The number of hydrogen-bond acceptors (Lipinski definition) is 4. The number of hydrogen-bond donors (Lipinski definition) is 0. The number of furan rings is 1. The lowest BCUT2D eigenvalue weighted by Gasteiger charge is -2.34. The second kappa shape index (κ2) is 16.3. The molecule has 4 heteroatoms. The Balaban J connectivity index is 0.974. The number of fused-ring (bicyclic) bond motifs is 12. The molecule has 0 atom stereocenters. The summed E-state index contributed by atoms with van der Waals surface area (Å²) in [7, 11) is 0. The summed E-state index contributed by atoms with van der Waals surface area (Å²) in [5.74, 6) is 0. The van der Waals surface area contributed by atoms with Gasteiger partial charge < -0.3 is 14.2 Å². The maximum absolute atomic E-state index is 6.60. The van der Waals surface area contributed by atoms with E-state index in [9.17, 15) is 0 Å². The molecule has 74 heavy (non-hydrogen) atoms. The van der Waals surface area contributed by atoms with Gasteiger partial charge in [-0.1, -0.05) is 184 Å². The Kier molecular flexibility index (Phi) is 9.39. The molecule has 0 spiro atoms. The molecule has 0 fully saturated rings. The minimum atomic E-state index is -0.503. The van der Waals surface area contributed by atoms with Crippen LogP contribution >= 0.6 is 11.3 Å². The molecule has 0 amide bonds. The van der Waals surface area contributed by atoms with E-state index in [1.807, 2.05) is 11.3 Å². The fourth-order valence-electron chi connectivity index (χ4n) is 12.9. The molecule has 3 nitrogen and oxygen atoms in total. The lowest BCUT2D eigenvalue weighted by molar-refractivity contribution is 0.660. The van der Waals surface area contributed by atoms with E-state index < -0.39 is 5.41 Å². The van der Waals surface area contributed by atoms with Crippen molar-refractivity contribution in [3.05, 3.63) is 288 Å². The normalized spacial score (nSPS) is 13.8. The first-order chi connectivity index (χ1) is 36.4. The molecule has 2 aliphatic carbocycles. The fourth-order valence-corrected chi connectivity index (χ4v) is 14.0. The van der Waals surface area contributed by atoms with Crippen molar-refractivity contribution in [2.24, 2.45) is 0 Å². The van der Waals surface area contributed by atoms with Crippen LogP contribution in [-0.4, -0.2) is 0 Å². The molecule has 0 radical (unpaired) electrons. The molecular weight excluding hydrogens is 917 g/mol. The molecule has 350 valence electrons. The van der Waals surface area contributed by atoms with Crippen molar-refractivity contribution in [1.82, 2.24) is 0 Å². The van der Waals surface area contributed by atoms with Crippen molar-refractivity contribution in [3.63, 3.8) is 0 Å². The summed E-state index contributed by atoms with van der Waals surface area (Å²) < 4.78 is 9.16. The number of anilines is 6. The van der Waals surface area contributed by atoms with Gasteiger partial charge >= 0.3 is 0 Å². The van der Waals surface area contributed by atoms with Gasteiger partial charge in [-0.3, -0.25) is 0 Å². The summed E-state index contributed by atoms with van der Waals surface area (Å²) in [6.07, 6.45) is 0. The molecule has 0 saturated carbocycles. The van der Waals surface area contributed by atoms with Gasteiger partial charge in [0.2, 0.25) is 0 Å². The van der Waals surface area contributed by atoms with Crippen LogP contribution in [0.3, 0.4) is 0 Å². The lowest BCUT2D eigenvalue weighted by Crippen LogP contribution is -2.28.